The van der Waals surface area contributed by atoms with Crippen molar-refractivity contribution in [3.05, 3.63) is 64.5 Å². The zero-order chi connectivity index (χ0) is 16.2. The predicted octanol–water partition coefficient (Wildman–Crippen LogP) is 3.16. The normalized spacial score (nSPS) is 10.5. The van der Waals surface area contributed by atoms with E-state index < -0.39 is 4.92 Å². The van der Waals surface area contributed by atoms with E-state index >= 15 is 0 Å². The van der Waals surface area contributed by atoms with E-state index in [0.717, 1.165) is 11.3 Å². The summed E-state index contributed by atoms with van der Waals surface area (Å²) in [7, 11) is 1.56. The molecule has 0 unspecified atom stereocenters. The second kappa shape index (κ2) is 6.27. The Labute approximate surface area is 132 Å². The summed E-state index contributed by atoms with van der Waals surface area (Å²) in [6, 6.07) is 10.2. The summed E-state index contributed by atoms with van der Waals surface area (Å²) >= 11 is 0. The van der Waals surface area contributed by atoms with E-state index in [0.29, 0.717) is 23.3 Å². The van der Waals surface area contributed by atoms with Crippen LogP contribution in [0.2, 0.25) is 0 Å². The number of non-ortho nitro benzene ring substituents is 1. The Bertz CT molecular complexity index is 867. The molecule has 0 saturated heterocycles. The van der Waals surface area contributed by atoms with Gasteiger partial charge in [-0.2, -0.15) is 0 Å². The first-order valence-electron chi connectivity index (χ1n) is 6.94. The number of nitrogens with zero attached hydrogens (tertiary/aromatic N) is 3. The second-order valence-corrected chi connectivity index (χ2v) is 4.81. The van der Waals surface area contributed by atoms with Crippen LogP contribution in [0.5, 0.6) is 5.88 Å². The summed E-state index contributed by atoms with van der Waals surface area (Å²) in [4.78, 5) is 19.1. The molecule has 0 aliphatic rings. The van der Waals surface area contributed by atoms with Crippen molar-refractivity contribution in [1.29, 1.82) is 0 Å². The zero-order valence-corrected chi connectivity index (χ0v) is 12.4. The first-order chi connectivity index (χ1) is 11.2. The van der Waals surface area contributed by atoms with Crippen LogP contribution in [-0.4, -0.2) is 22.0 Å². The summed E-state index contributed by atoms with van der Waals surface area (Å²) in [5.74, 6) is 0.541. The smallest absolute Gasteiger partial charge is 0.278 e. The van der Waals surface area contributed by atoms with Crippen LogP contribution < -0.4 is 10.1 Å². The average Bonchev–Trinajstić information content (AvgIpc) is 2.59. The molecule has 0 radical (unpaired) electrons. The molecule has 7 nitrogen and oxygen atoms in total. The van der Waals surface area contributed by atoms with Gasteiger partial charge in [-0.15, -0.1) is 0 Å². The monoisotopic (exact) mass is 310 g/mol. The number of nitro benzene ring substituents is 1. The Morgan fingerprint density at radius 3 is 2.74 bits per heavy atom. The molecule has 2 heterocycles. The van der Waals surface area contributed by atoms with E-state index in [-0.39, 0.29) is 5.69 Å². The largest absolute Gasteiger partial charge is 0.481 e. The summed E-state index contributed by atoms with van der Waals surface area (Å²) < 4.78 is 5.22. The lowest BCUT2D eigenvalue weighted by Crippen LogP contribution is -2.04. The zero-order valence-electron chi connectivity index (χ0n) is 12.4. The molecule has 0 fully saturated rings. The molecule has 0 saturated carbocycles. The van der Waals surface area contributed by atoms with Crippen LogP contribution in [-0.2, 0) is 6.54 Å². The summed E-state index contributed by atoms with van der Waals surface area (Å²) in [5, 5.41) is 14.9. The molecule has 1 aromatic carbocycles. The van der Waals surface area contributed by atoms with Gasteiger partial charge >= 0.3 is 0 Å². The molecule has 3 aromatic rings. The Hall–Kier alpha value is -3.22. The number of hydrogen-bond acceptors (Lipinski definition) is 6. The average molecular weight is 310 g/mol. The molecule has 2 aromatic heterocycles. The highest BCUT2D eigenvalue weighted by molar-refractivity contribution is 5.96. The van der Waals surface area contributed by atoms with E-state index in [4.69, 9.17) is 4.74 Å². The van der Waals surface area contributed by atoms with Gasteiger partial charge < -0.3 is 10.1 Å². The lowest BCUT2D eigenvalue weighted by molar-refractivity contribution is -0.383. The predicted molar refractivity (Wildman–Crippen MR) is 86.5 cm³/mol. The van der Waals surface area contributed by atoms with Gasteiger partial charge in [0, 0.05) is 30.6 Å². The number of aromatic nitrogens is 2. The molecular weight excluding hydrogens is 296 g/mol. The van der Waals surface area contributed by atoms with E-state index in [1.54, 1.807) is 37.7 Å². The van der Waals surface area contributed by atoms with Gasteiger partial charge in [-0.05, 0) is 24.3 Å². The Morgan fingerprint density at radius 2 is 1.96 bits per heavy atom. The van der Waals surface area contributed by atoms with Crippen molar-refractivity contribution in [2.75, 3.05) is 12.4 Å². The van der Waals surface area contributed by atoms with Gasteiger partial charge in [0.25, 0.3) is 5.69 Å². The number of nitrogens with one attached hydrogen (secondary N) is 1. The van der Waals surface area contributed by atoms with E-state index in [1.807, 2.05) is 12.1 Å². The van der Waals surface area contributed by atoms with Crippen molar-refractivity contribution in [3.8, 4) is 5.88 Å². The van der Waals surface area contributed by atoms with Crippen LogP contribution in [0.1, 0.15) is 5.56 Å². The Balaban J connectivity index is 1.95. The van der Waals surface area contributed by atoms with E-state index in [1.165, 1.54) is 6.07 Å². The Morgan fingerprint density at radius 1 is 1.17 bits per heavy atom. The number of anilines is 1. The first kappa shape index (κ1) is 14.7. The lowest BCUT2D eigenvalue weighted by atomic mass is 10.1. The maximum atomic E-state index is 11.1. The first-order valence-corrected chi connectivity index (χ1v) is 6.94. The minimum absolute atomic E-state index is 0.0395. The molecule has 7 heteroatoms. The van der Waals surface area contributed by atoms with Gasteiger partial charge in [0.15, 0.2) is 0 Å². The van der Waals surface area contributed by atoms with Crippen molar-refractivity contribution in [2.45, 2.75) is 6.54 Å². The van der Waals surface area contributed by atoms with Crippen molar-refractivity contribution < 1.29 is 9.66 Å². The number of fused-ring (bicyclic) bond motifs is 1. The highest BCUT2D eigenvalue weighted by Crippen LogP contribution is 2.30. The molecule has 0 atom stereocenters. The third-order valence-electron chi connectivity index (χ3n) is 3.46. The molecule has 23 heavy (non-hydrogen) atoms. The van der Waals surface area contributed by atoms with Crippen molar-refractivity contribution >= 4 is 22.3 Å². The number of nitro groups is 1. The van der Waals surface area contributed by atoms with Crippen molar-refractivity contribution in [1.82, 2.24) is 9.97 Å². The molecule has 0 amide bonds. The molecule has 0 aliphatic carbocycles. The fourth-order valence-electron chi connectivity index (χ4n) is 2.39. The highest BCUT2D eigenvalue weighted by Gasteiger charge is 2.15. The summed E-state index contributed by atoms with van der Waals surface area (Å²) in [6.07, 6.45) is 3.27. The standard InChI is InChI=1S/C16H14N4O3/c1-23-16-11(4-2-9-18-16)10-19-13-6-7-14(20(21)22)12-5-3-8-17-15(12)13/h2-9,19H,10H2,1H3. The molecule has 0 spiro atoms. The van der Waals surface area contributed by atoms with E-state index in [9.17, 15) is 10.1 Å². The fourth-order valence-corrected chi connectivity index (χ4v) is 2.39. The van der Waals surface area contributed by atoms with Crippen LogP contribution in [0, 0.1) is 10.1 Å². The maximum absolute atomic E-state index is 11.1. The van der Waals surface area contributed by atoms with Gasteiger partial charge in [-0.3, -0.25) is 15.1 Å². The molecule has 1 N–H and O–H groups in total. The number of ether oxygens (including phenoxy) is 1. The van der Waals surface area contributed by atoms with Gasteiger partial charge in [-0.1, -0.05) is 6.07 Å². The van der Waals surface area contributed by atoms with Crippen LogP contribution in [0.25, 0.3) is 10.9 Å². The van der Waals surface area contributed by atoms with E-state index in [2.05, 4.69) is 15.3 Å². The van der Waals surface area contributed by atoms with Crippen LogP contribution in [0.3, 0.4) is 0 Å². The lowest BCUT2D eigenvalue weighted by Gasteiger charge is -2.11. The van der Waals surface area contributed by atoms with Gasteiger partial charge in [0.1, 0.15) is 5.52 Å². The fraction of sp³-hybridized carbons (Fsp3) is 0.125. The number of benzene rings is 1. The maximum Gasteiger partial charge on any atom is 0.278 e. The minimum Gasteiger partial charge on any atom is -0.481 e. The topological polar surface area (TPSA) is 90.2 Å². The number of hydrogen-bond donors (Lipinski definition) is 1. The Kier molecular flexibility index (Phi) is 4.01. The molecule has 116 valence electrons. The van der Waals surface area contributed by atoms with Crippen molar-refractivity contribution in [3.63, 3.8) is 0 Å². The minimum atomic E-state index is -0.405. The molecular formula is C16H14N4O3. The SMILES string of the molecule is COc1ncccc1CNc1ccc([N+](=O)[O-])c2cccnc12. The summed E-state index contributed by atoms with van der Waals surface area (Å²) in [6.45, 7) is 0.473. The second-order valence-electron chi connectivity index (χ2n) is 4.81. The number of methoxy groups -OCH3 is 1. The van der Waals surface area contributed by atoms with Gasteiger partial charge in [0.2, 0.25) is 5.88 Å². The molecule has 3 rings (SSSR count). The molecule has 0 aliphatic heterocycles. The van der Waals surface area contributed by atoms with Crippen LogP contribution >= 0.6 is 0 Å². The highest BCUT2D eigenvalue weighted by atomic mass is 16.6. The van der Waals surface area contributed by atoms with Crippen molar-refractivity contribution in [2.24, 2.45) is 0 Å². The van der Waals surface area contributed by atoms with Gasteiger partial charge in [-0.25, -0.2) is 4.98 Å². The van der Waals surface area contributed by atoms with Crippen LogP contribution in [0.15, 0.2) is 48.8 Å². The summed E-state index contributed by atoms with van der Waals surface area (Å²) in [5.41, 5.74) is 2.21. The van der Waals surface area contributed by atoms with Crippen LogP contribution in [0.4, 0.5) is 11.4 Å². The third kappa shape index (κ3) is 2.89. The number of rotatable bonds is 5. The third-order valence-corrected chi connectivity index (χ3v) is 3.46. The number of pyridine rings is 2. The molecule has 0 bridgehead atoms. The van der Waals surface area contributed by atoms with Gasteiger partial charge in [0.05, 0.1) is 23.1 Å². The quantitative estimate of drug-likeness (QED) is 0.575.